The lowest BCUT2D eigenvalue weighted by Gasteiger charge is -2.04. The largest absolute Gasteiger partial charge is 0.477 e. The fourth-order valence-corrected chi connectivity index (χ4v) is 1.52. The van der Waals surface area contributed by atoms with Crippen molar-refractivity contribution in [2.24, 2.45) is 0 Å². The first-order valence-corrected chi connectivity index (χ1v) is 5.76. The van der Waals surface area contributed by atoms with E-state index in [9.17, 15) is 19.2 Å². The summed E-state index contributed by atoms with van der Waals surface area (Å²) in [4.78, 5) is 52.3. The highest BCUT2D eigenvalue weighted by atomic mass is 16.4. The molecule has 0 spiro atoms. The van der Waals surface area contributed by atoms with E-state index in [-0.39, 0.29) is 17.9 Å². The summed E-state index contributed by atoms with van der Waals surface area (Å²) in [6, 6.07) is 3.76. The van der Waals surface area contributed by atoms with Gasteiger partial charge in [0.05, 0.1) is 0 Å². The zero-order valence-corrected chi connectivity index (χ0v) is 10.5. The molecular weight excluding hydrogens is 280 g/mol. The number of carboxylic acid groups (broad SMARTS) is 1. The maximum Gasteiger partial charge on any atom is 0.354 e. The molecule has 0 aromatic carbocycles. The van der Waals surface area contributed by atoms with Crippen LogP contribution in [-0.4, -0.2) is 31.9 Å². The van der Waals surface area contributed by atoms with Gasteiger partial charge in [0.2, 0.25) is 0 Å². The van der Waals surface area contributed by atoms with Crippen molar-refractivity contribution in [3.63, 3.8) is 0 Å². The minimum atomic E-state index is -1.15. The number of carboxylic acids is 1. The molecule has 0 unspecified atom stereocenters. The van der Waals surface area contributed by atoms with E-state index in [1.54, 1.807) is 0 Å². The van der Waals surface area contributed by atoms with Crippen molar-refractivity contribution < 1.29 is 14.7 Å². The zero-order chi connectivity index (χ0) is 15.4. The molecule has 1 amide bonds. The number of hydrogen-bond acceptors (Lipinski definition) is 5. The second kappa shape index (κ2) is 5.82. The topological polar surface area (TPSA) is 145 Å². The van der Waals surface area contributed by atoms with Crippen molar-refractivity contribution in [3.8, 4) is 0 Å². The number of nitrogens with one attached hydrogen (secondary N) is 3. The van der Waals surface area contributed by atoms with Crippen LogP contribution in [0.25, 0.3) is 0 Å². The van der Waals surface area contributed by atoms with E-state index in [0.29, 0.717) is 5.56 Å². The van der Waals surface area contributed by atoms with E-state index in [0.717, 1.165) is 6.07 Å². The first-order chi connectivity index (χ1) is 9.95. The predicted molar refractivity (Wildman–Crippen MR) is 70.0 cm³/mol. The van der Waals surface area contributed by atoms with E-state index in [2.05, 4.69) is 15.3 Å². The number of H-pyrrole nitrogens is 2. The SMILES string of the molecule is O=C(O)c1ccc(CNC(=O)c2cc(=O)[nH]c(=O)[nH]2)cn1. The van der Waals surface area contributed by atoms with Crippen LogP contribution < -0.4 is 16.6 Å². The summed E-state index contributed by atoms with van der Waals surface area (Å²) in [6.07, 6.45) is 1.31. The number of carbonyl (C=O) groups is 2. The van der Waals surface area contributed by atoms with Gasteiger partial charge in [0, 0.05) is 18.8 Å². The van der Waals surface area contributed by atoms with Crippen LogP contribution in [0.2, 0.25) is 0 Å². The smallest absolute Gasteiger partial charge is 0.354 e. The Hall–Kier alpha value is -3.23. The molecular formula is C12H10N4O5. The van der Waals surface area contributed by atoms with Gasteiger partial charge in [-0.3, -0.25) is 14.6 Å². The van der Waals surface area contributed by atoms with Crippen LogP contribution >= 0.6 is 0 Å². The molecule has 9 heteroatoms. The molecule has 0 aliphatic carbocycles. The predicted octanol–water partition coefficient (Wildman–Crippen LogP) is -0.914. The number of pyridine rings is 1. The van der Waals surface area contributed by atoms with Crippen LogP contribution in [0, 0.1) is 0 Å². The van der Waals surface area contributed by atoms with Gasteiger partial charge in [0.1, 0.15) is 11.4 Å². The molecule has 0 aliphatic rings. The highest BCUT2D eigenvalue weighted by molar-refractivity contribution is 5.92. The molecule has 2 aromatic heterocycles. The summed E-state index contributed by atoms with van der Waals surface area (Å²) in [6.45, 7) is 0.0700. The molecule has 0 radical (unpaired) electrons. The van der Waals surface area contributed by atoms with Crippen LogP contribution in [0.4, 0.5) is 0 Å². The molecule has 0 saturated carbocycles. The average molecular weight is 290 g/mol. The van der Waals surface area contributed by atoms with Crippen molar-refractivity contribution >= 4 is 11.9 Å². The van der Waals surface area contributed by atoms with Gasteiger partial charge in [-0.25, -0.2) is 14.6 Å². The fourth-order valence-electron chi connectivity index (χ4n) is 1.52. The fraction of sp³-hybridized carbons (Fsp3) is 0.0833. The van der Waals surface area contributed by atoms with Crippen LogP contribution in [0.3, 0.4) is 0 Å². The highest BCUT2D eigenvalue weighted by Crippen LogP contribution is 2.00. The monoisotopic (exact) mass is 290 g/mol. The average Bonchev–Trinajstić information content (AvgIpc) is 2.44. The number of aromatic nitrogens is 3. The Morgan fingerprint density at radius 1 is 1.24 bits per heavy atom. The van der Waals surface area contributed by atoms with Crippen LogP contribution in [-0.2, 0) is 6.54 Å². The lowest BCUT2D eigenvalue weighted by molar-refractivity contribution is 0.0690. The summed E-state index contributed by atoms with van der Waals surface area (Å²) < 4.78 is 0. The minimum Gasteiger partial charge on any atom is -0.477 e. The normalized spacial score (nSPS) is 10.1. The Labute approximate surface area is 116 Å². The van der Waals surface area contributed by atoms with Gasteiger partial charge in [-0.2, -0.15) is 0 Å². The summed E-state index contributed by atoms with van der Waals surface area (Å²) in [7, 11) is 0. The number of hydrogen-bond donors (Lipinski definition) is 4. The maximum atomic E-state index is 11.7. The van der Waals surface area contributed by atoms with Gasteiger partial charge < -0.3 is 15.4 Å². The van der Waals surface area contributed by atoms with Gasteiger partial charge in [-0.05, 0) is 11.6 Å². The van der Waals surface area contributed by atoms with Gasteiger partial charge in [0.15, 0.2) is 0 Å². The number of aromatic carboxylic acids is 1. The summed E-state index contributed by atoms with van der Waals surface area (Å²) in [5, 5.41) is 11.2. The van der Waals surface area contributed by atoms with Crippen LogP contribution in [0.15, 0.2) is 34.0 Å². The molecule has 21 heavy (non-hydrogen) atoms. The minimum absolute atomic E-state index is 0.0700. The highest BCUT2D eigenvalue weighted by Gasteiger charge is 2.08. The quantitative estimate of drug-likeness (QED) is 0.573. The number of rotatable bonds is 4. The third kappa shape index (κ3) is 3.62. The molecule has 9 nitrogen and oxygen atoms in total. The molecule has 108 valence electrons. The lowest BCUT2D eigenvalue weighted by atomic mass is 10.2. The molecule has 4 N–H and O–H groups in total. The van der Waals surface area contributed by atoms with Gasteiger partial charge in [-0.15, -0.1) is 0 Å². The number of amides is 1. The Kier molecular flexibility index (Phi) is 3.93. The number of carbonyl (C=O) groups excluding carboxylic acids is 1. The van der Waals surface area contributed by atoms with Gasteiger partial charge >= 0.3 is 11.7 Å². The third-order valence-electron chi connectivity index (χ3n) is 2.50. The number of nitrogens with zero attached hydrogens (tertiary/aromatic N) is 1. The van der Waals surface area contributed by atoms with E-state index in [4.69, 9.17) is 5.11 Å². The Morgan fingerprint density at radius 2 is 2.00 bits per heavy atom. The Bertz CT molecular complexity index is 762. The molecule has 2 rings (SSSR count). The second-order valence-electron chi connectivity index (χ2n) is 4.04. The first kappa shape index (κ1) is 14.2. The summed E-state index contributed by atoms with van der Waals surface area (Å²) >= 11 is 0. The Balaban J connectivity index is 2.05. The zero-order valence-electron chi connectivity index (χ0n) is 10.5. The van der Waals surface area contributed by atoms with E-state index >= 15 is 0 Å². The standard InChI is InChI=1S/C12H10N4O5/c17-9-3-8(15-12(21)16-9)10(18)14-5-6-1-2-7(11(19)20)13-4-6/h1-4H,5H2,(H,14,18)(H,19,20)(H2,15,16,17,21). The molecule has 0 bridgehead atoms. The van der Waals surface area contributed by atoms with E-state index in [1.165, 1.54) is 18.3 Å². The van der Waals surface area contributed by atoms with Crippen molar-refractivity contribution in [1.29, 1.82) is 0 Å². The van der Waals surface area contributed by atoms with E-state index < -0.39 is 23.1 Å². The second-order valence-corrected chi connectivity index (χ2v) is 4.04. The number of aromatic amines is 2. The third-order valence-corrected chi connectivity index (χ3v) is 2.50. The molecule has 0 fully saturated rings. The molecule has 2 aromatic rings. The molecule has 0 aliphatic heterocycles. The summed E-state index contributed by atoms with van der Waals surface area (Å²) in [5.74, 6) is -1.79. The Morgan fingerprint density at radius 3 is 2.57 bits per heavy atom. The van der Waals surface area contributed by atoms with Gasteiger partial charge in [0.25, 0.3) is 11.5 Å². The van der Waals surface area contributed by atoms with Crippen LogP contribution in [0.5, 0.6) is 0 Å². The van der Waals surface area contributed by atoms with Crippen molar-refractivity contribution in [2.75, 3.05) is 0 Å². The molecule has 0 atom stereocenters. The van der Waals surface area contributed by atoms with E-state index in [1.807, 2.05) is 4.98 Å². The van der Waals surface area contributed by atoms with Crippen LogP contribution in [0.1, 0.15) is 26.5 Å². The van der Waals surface area contributed by atoms with Crippen molar-refractivity contribution in [1.82, 2.24) is 20.3 Å². The lowest BCUT2D eigenvalue weighted by Crippen LogP contribution is -2.30. The molecule has 0 saturated heterocycles. The van der Waals surface area contributed by atoms with Gasteiger partial charge in [-0.1, -0.05) is 6.07 Å². The van der Waals surface area contributed by atoms with Crippen molar-refractivity contribution in [3.05, 3.63) is 62.2 Å². The first-order valence-electron chi connectivity index (χ1n) is 5.76. The van der Waals surface area contributed by atoms with Crippen molar-refractivity contribution in [2.45, 2.75) is 6.54 Å². The maximum absolute atomic E-state index is 11.7. The molecule has 2 heterocycles. The summed E-state index contributed by atoms with van der Waals surface area (Å²) in [5.41, 5.74) is -1.17.